The fourth-order valence-electron chi connectivity index (χ4n) is 1.71. The van der Waals surface area contributed by atoms with E-state index in [0.29, 0.717) is 0 Å². The fourth-order valence-corrected chi connectivity index (χ4v) is 2.81. The van der Waals surface area contributed by atoms with Crippen LogP contribution < -0.4 is 0 Å². The number of aromatic hydroxyl groups is 1. The van der Waals surface area contributed by atoms with Gasteiger partial charge in [-0.15, -0.1) is 0 Å². The molecule has 84 valence electrons. The number of fused-ring (bicyclic) bond motifs is 1. The van der Waals surface area contributed by atoms with Gasteiger partial charge in [0.2, 0.25) is 0 Å². The van der Waals surface area contributed by atoms with E-state index < -0.39 is 0 Å². The molecule has 0 saturated carbocycles. The number of halogens is 1. The molecule has 0 radical (unpaired) electrons. The van der Waals surface area contributed by atoms with Crippen LogP contribution in [0, 0.1) is 0 Å². The predicted octanol–water partition coefficient (Wildman–Crippen LogP) is 3.83. The molecule has 0 amide bonds. The summed E-state index contributed by atoms with van der Waals surface area (Å²) in [4.78, 5) is 0. The van der Waals surface area contributed by atoms with Gasteiger partial charge in [0, 0.05) is 10.0 Å². The van der Waals surface area contributed by atoms with Crippen molar-refractivity contribution in [3.63, 3.8) is 0 Å². The fraction of sp³-hybridized carbons (Fsp3) is 0. The Morgan fingerprint density at radius 1 is 0.941 bits per heavy atom. The Kier molecular flexibility index (Phi) is 2.57. The van der Waals surface area contributed by atoms with Crippen molar-refractivity contribution in [3.05, 3.63) is 40.9 Å². The highest BCUT2D eigenvalue weighted by Crippen LogP contribution is 2.32. The molecule has 2 aromatic carbocycles. The van der Waals surface area contributed by atoms with Crippen molar-refractivity contribution in [1.29, 1.82) is 0 Å². The molecular weight excluding hydrogens is 300 g/mol. The Morgan fingerprint density at radius 3 is 2.41 bits per heavy atom. The molecule has 3 aromatic rings. The predicted molar refractivity (Wildman–Crippen MR) is 72.2 cm³/mol. The molecule has 1 heterocycles. The standard InChI is InChI=1S/C12H7BrN2OS/c13-10-6-5-9(11-12(10)15-17-14-11)7-1-3-8(16)4-2-7/h1-6,16H. The van der Waals surface area contributed by atoms with E-state index in [2.05, 4.69) is 24.7 Å². The Balaban J connectivity index is 2.27. The summed E-state index contributed by atoms with van der Waals surface area (Å²) in [6.45, 7) is 0. The summed E-state index contributed by atoms with van der Waals surface area (Å²) in [5, 5.41) is 9.29. The van der Waals surface area contributed by atoms with Gasteiger partial charge >= 0.3 is 0 Å². The van der Waals surface area contributed by atoms with Gasteiger partial charge < -0.3 is 5.11 Å². The van der Waals surface area contributed by atoms with Crippen LogP contribution in [0.15, 0.2) is 40.9 Å². The topological polar surface area (TPSA) is 46.0 Å². The Labute approximate surface area is 110 Å². The summed E-state index contributed by atoms with van der Waals surface area (Å²) < 4.78 is 9.52. The lowest BCUT2D eigenvalue weighted by atomic mass is 10.0. The van der Waals surface area contributed by atoms with Gasteiger partial charge in [-0.3, -0.25) is 0 Å². The van der Waals surface area contributed by atoms with Crippen LogP contribution in [0.4, 0.5) is 0 Å². The average molecular weight is 307 g/mol. The number of aromatic nitrogens is 2. The lowest BCUT2D eigenvalue weighted by Crippen LogP contribution is -1.81. The van der Waals surface area contributed by atoms with Crippen molar-refractivity contribution < 1.29 is 5.11 Å². The first kappa shape index (κ1) is 10.7. The summed E-state index contributed by atoms with van der Waals surface area (Å²) in [5.74, 6) is 0.263. The monoisotopic (exact) mass is 306 g/mol. The highest BCUT2D eigenvalue weighted by molar-refractivity contribution is 9.10. The highest BCUT2D eigenvalue weighted by Gasteiger charge is 2.10. The minimum Gasteiger partial charge on any atom is -0.508 e. The minimum atomic E-state index is 0.263. The molecule has 0 unspecified atom stereocenters. The van der Waals surface area contributed by atoms with Gasteiger partial charge in [-0.1, -0.05) is 18.2 Å². The lowest BCUT2D eigenvalue weighted by Gasteiger charge is -2.03. The largest absolute Gasteiger partial charge is 0.508 e. The van der Waals surface area contributed by atoms with Crippen LogP contribution in [0.3, 0.4) is 0 Å². The molecular formula is C12H7BrN2OS. The van der Waals surface area contributed by atoms with E-state index in [1.54, 1.807) is 12.1 Å². The van der Waals surface area contributed by atoms with Crippen molar-refractivity contribution in [3.8, 4) is 16.9 Å². The third kappa shape index (κ3) is 1.81. The second-order valence-electron chi connectivity index (χ2n) is 3.60. The molecule has 1 aromatic heterocycles. The van der Waals surface area contributed by atoms with E-state index in [1.807, 2.05) is 24.3 Å². The summed E-state index contributed by atoms with van der Waals surface area (Å²) >= 11 is 4.66. The molecule has 0 fully saturated rings. The van der Waals surface area contributed by atoms with Crippen molar-refractivity contribution in [2.24, 2.45) is 0 Å². The quantitative estimate of drug-likeness (QED) is 0.743. The molecule has 0 aliphatic carbocycles. The Bertz CT molecular complexity index is 679. The zero-order valence-electron chi connectivity index (χ0n) is 8.59. The van der Waals surface area contributed by atoms with Crippen molar-refractivity contribution >= 4 is 38.7 Å². The maximum atomic E-state index is 9.29. The van der Waals surface area contributed by atoms with Crippen LogP contribution in [-0.4, -0.2) is 13.9 Å². The summed E-state index contributed by atoms with van der Waals surface area (Å²) in [5.41, 5.74) is 3.81. The zero-order valence-corrected chi connectivity index (χ0v) is 11.0. The van der Waals surface area contributed by atoms with Crippen molar-refractivity contribution in [1.82, 2.24) is 8.75 Å². The summed E-state index contributed by atoms with van der Waals surface area (Å²) in [6.07, 6.45) is 0. The number of phenols is 1. The average Bonchev–Trinajstić information content (AvgIpc) is 2.81. The Hall–Kier alpha value is -1.46. The molecule has 0 aliphatic heterocycles. The van der Waals surface area contributed by atoms with E-state index in [-0.39, 0.29) is 5.75 Å². The number of benzene rings is 2. The summed E-state index contributed by atoms with van der Waals surface area (Å²) in [6, 6.07) is 11.0. The number of hydrogen-bond donors (Lipinski definition) is 1. The molecule has 0 saturated heterocycles. The molecule has 0 aliphatic rings. The Morgan fingerprint density at radius 2 is 1.65 bits per heavy atom. The van der Waals surface area contributed by atoms with Gasteiger partial charge in [0.1, 0.15) is 16.8 Å². The van der Waals surface area contributed by atoms with E-state index in [4.69, 9.17) is 0 Å². The molecule has 17 heavy (non-hydrogen) atoms. The number of phenolic OH excluding ortho intramolecular Hbond substituents is 1. The number of nitrogens with zero attached hydrogens (tertiary/aromatic N) is 2. The first-order valence-corrected chi connectivity index (χ1v) is 6.48. The maximum absolute atomic E-state index is 9.29. The van der Waals surface area contributed by atoms with Crippen LogP contribution in [0.5, 0.6) is 5.75 Å². The highest BCUT2D eigenvalue weighted by atomic mass is 79.9. The molecule has 0 spiro atoms. The van der Waals surface area contributed by atoms with Gasteiger partial charge in [0.25, 0.3) is 0 Å². The molecule has 3 nitrogen and oxygen atoms in total. The number of rotatable bonds is 1. The normalized spacial score (nSPS) is 10.9. The van der Waals surface area contributed by atoms with E-state index >= 15 is 0 Å². The van der Waals surface area contributed by atoms with E-state index in [0.717, 1.165) is 26.6 Å². The molecule has 5 heteroatoms. The van der Waals surface area contributed by atoms with Gasteiger partial charge in [-0.2, -0.15) is 8.75 Å². The second kappa shape index (κ2) is 4.09. The van der Waals surface area contributed by atoms with Crippen molar-refractivity contribution in [2.75, 3.05) is 0 Å². The van der Waals surface area contributed by atoms with Gasteiger partial charge in [0.15, 0.2) is 0 Å². The maximum Gasteiger partial charge on any atom is 0.119 e. The van der Waals surface area contributed by atoms with Crippen molar-refractivity contribution in [2.45, 2.75) is 0 Å². The summed E-state index contributed by atoms with van der Waals surface area (Å²) in [7, 11) is 0. The van der Waals surface area contributed by atoms with Crippen LogP contribution in [0.1, 0.15) is 0 Å². The van der Waals surface area contributed by atoms with Gasteiger partial charge in [-0.05, 0) is 39.7 Å². The first-order chi connectivity index (χ1) is 8.25. The molecule has 0 bridgehead atoms. The molecule has 3 rings (SSSR count). The molecule has 0 atom stereocenters. The van der Waals surface area contributed by atoms with E-state index in [1.165, 1.54) is 11.7 Å². The smallest absolute Gasteiger partial charge is 0.119 e. The lowest BCUT2D eigenvalue weighted by molar-refractivity contribution is 0.475. The SMILES string of the molecule is Oc1ccc(-c2ccc(Br)c3nsnc23)cc1. The third-order valence-corrected chi connectivity index (χ3v) is 3.71. The van der Waals surface area contributed by atoms with Crippen LogP contribution in [0.25, 0.3) is 22.2 Å². The van der Waals surface area contributed by atoms with Crippen LogP contribution in [0.2, 0.25) is 0 Å². The molecule has 1 N–H and O–H groups in total. The van der Waals surface area contributed by atoms with Gasteiger partial charge in [0.05, 0.1) is 11.7 Å². The first-order valence-electron chi connectivity index (χ1n) is 4.96. The third-order valence-electron chi connectivity index (χ3n) is 2.54. The van der Waals surface area contributed by atoms with E-state index in [9.17, 15) is 5.11 Å². The number of hydrogen-bond acceptors (Lipinski definition) is 4. The van der Waals surface area contributed by atoms with Crippen LogP contribution in [-0.2, 0) is 0 Å². The van der Waals surface area contributed by atoms with Crippen LogP contribution >= 0.6 is 27.7 Å². The minimum absolute atomic E-state index is 0.263. The second-order valence-corrected chi connectivity index (χ2v) is 4.99. The van der Waals surface area contributed by atoms with Gasteiger partial charge in [-0.25, -0.2) is 0 Å². The zero-order chi connectivity index (χ0) is 11.8.